The van der Waals surface area contributed by atoms with Gasteiger partial charge in [-0.3, -0.25) is 9.59 Å². The minimum atomic E-state index is -2.99. The number of nitrogens with zero attached hydrogens (tertiary/aromatic N) is 5. The molecule has 5 rings (SSSR count). The minimum Gasteiger partial charge on any atom is -0.462 e. The molecule has 2 aromatic carbocycles. The molecule has 0 saturated carbocycles. The summed E-state index contributed by atoms with van der Waals surface area (Å²) in [5.41, 5.74) is 7.50. The third kappa shape index (κ3) is 17.4. The molecule has 0 unspecified atom stereocenters. The van der Waals surface area contributed by atoms with E-state index < -0.39 is 30.1 Å². The predicted molar refractivity (Wildman–Crippen MR) is 220 cm³/mol. The van der Waals surface area contributed by atoms with Crippen LogP contribution in [0.5, 0.6) is 0 Å². The molecule has 0 aliphatic carbocycles. The van der Waals surface area contributed by atoms with E-state index in [1.165, 1.54) is 31.2 Å². The molecule has 0 atom stereocenters. The first-order valence-electron chi connectivity index (χ1n) is 20.2. The summed E-state index contributed by atoms with van der Waals surface area (Å²) in [5, 5.41) is 14.8. The van der Waals surface area contributed by atoms with Gasteiger partial charge in [0.2, 0.25) is 11.8 Å². The van der Waals surface area contributed by atoms with Crippen molar-refractivity contribution in [2.75, 3.05) is 6.61 Å². The van der Waals surface area contributed by atoms with Gasteiger partial charge in [0.15, 0.2) is 5.82 Å². The van der Waals surface area contributed by atoms with E-state index in [9.17, 15) is 40.7 Å². The first-order chi connectivity index (χ1) is 30.2. The van der Waals surface area contributed by atoms with E-state index in [1.807, 2.05) is 27.7 Å². The zero-order valence-electron chi connectivity index (χ0n) is 36.1. The number of hydrogen-bond acceptors (Lipinski definition) is 13. The summed E-state index contributed by atoms with van der Waals surface area (Å²) < 4.78 is 92.6. The first kappa shape index (κ1) is 52.0. The Morgan fingerprint density at radius 3 is 1.59 bits per heavy atom. The average molecular weight is 907 g/mol. The van der Waals surface area contributed by atoms with Crippen molar-refractivity contribution >= 4 is 23.4 Å². The monoisotopic (exact) mass is 906 g/mol. The molecule has 0 saturated heterocycles. The average Bonchev–Trinajstić information content (AvgIpc) is 4.07. The number of ether oxygens (including phenoxy) is 1. The number of amidine groups is 1. The molecule has 0 bridgehead atoms. The van der Waals surface area contributed by atoms with Crippen molar-refractivity contribution in [1.29, 1.82) is 0 Å². The smallest absolute Gasteiger partial charge is 0.373 e. The number of aromatic nitrogens is 4. The number of hydrogen-bond donors (Lipinski definition) is 2. The topological polar surface area (TPSA) is 210 Å². The first-order valence-corrected chi connectivity index (χ1v) is 20.2. The number of oxazole rings is 2. The highest BCUT2D eigenvalue weighted by Gasteiger charge is 2.27. The number of aryl methyl sites for hydroxylation is 1. The molecule has 0 fully saturated rings. The van der Waals surface area contributed by atoms with Crippen LogP contribution in [0.4, 0.5) is 26.3 Å². The Morgan fingerprint density at radius 2 is 1.20 bits per heavy atom. The fourth-order valence-electron chi connectivity index (χ4n) is 5.65. The molecule has 0 radical (unpaired) electrons. The van der Waals surface area contributed by atoms with Crippen molar-refractivity contribution in [3.8, 4) is 22.9 Å². The zero-order chi connectivity index (χ0) is 47.5. The minimum absolute atomic E-state index is 0.00315. The van der Waals surface area contributed by atoms with Crippen LogP contribution in [0.1, 0.15) is 122 Å². The van der Waals surface area contributed by atoms with Crippen LogP contribution < -0.4 is 5.73 Å². The lowest BCUT2D eigenvalue weighted by atomic mass is 9.83. The predicted octanol–water partition coefficient (Wildman–Crippen LogP) is 10.3. The molecule has 20 heteroatoms. The van der Waals surface area contributed by atoms with Crippen LogP contribution in [0.25, 0.3) is 22.9 Å². The SMILES string of the molecule is CC(C)(CCC(=O)CCC/C(N)=N/O)c1coc(-c2ccc(F)cc2)n1.CC(C)(CCC(=O)CCCc1noc(C(F)F)n1)c1coc(-c2ccc(F)cc2)n1.CCOC(=O)C(F)F. The van der Waals surface area contributed by atoms with E-state index in [2.05, 4.69) is 34.5 Å². The van der Waals surface area contributed by atoms with E-state index in [1.54, 1.807) is 36.8 Å². The lowest BCUT2D eigenvalue weighted by Crippen LogP contribution is -2.19. The van der Waals surface area contributed by atoms with E-state index in [-0.39, 0.29) is 46.9 Å². The fourth-order valence-corrected chi connectivity index (χ4v) is 5.65. The van der Waals surface area contributed by atoms with Gasteiger partial charge in [-0.1, -0.05) is 38.0 Å². The van der Waals surface area contributed by atoms with Crippen molar-refractivity contribution < 1.29 is 64.0 Å². The molecule has 3 aromatic heterocycles. The van der Waals surface area contributed by atoms with Gasteiger partial charge in [-0.25, -0.2) is 23.5 Å². The van der Waals surface area contributed by atoms with Gasteiger partial charge in [0.1, 0.15) is 41.6 Å². The number of carbonyl (C=O) groups is 3. The van der Waals surface area contributed by atoms with Crippen molar-refractivity contribution in [2.24, 2.45) is 10.9 Å². The van der Waals surface area contributed by atoms with Gasteiger partial charge < -0.3 is 29.0 Å². The highest BCUT2D eigenvalue weighted by molar-refractivity contribution is 5.82. The summed E-state index contributed by atoms with van der Waals surface area (Å²) in [4.78, 5) is 46.6. The zero-order valence-corrected chi connectivity index (χ0v) is 36.1. The van der Waals surface area contributed by atoms with Crippen LogP contribution >= 0.6 is 0 Å². The number of nitrogens with two attached hydrogens (primary N) is 1. The Labute approximate surface area is 365 Å². The Kier molecular flexibility index (Phi) is 20.4. The van der Waals surface area contributed by atoms with Crippen molar-refractivity contribution in [3.05, 3.63) is 95.8 Å². The number of benzene rings is 2. The summed E-state index contributed by atoms with van der Waals surface area (Å²) in [7, 11) is 0. The van der Waals surface area contributed by atoms with Crippen molar-refractivity contribution in [3.63, 3.8) is 0 Å². The number of carbonyl (C=O) groups excluding carboxylic acids is 3. The number of Topliss-reactive ketones (excluding diaryl/α,β-unsaturated/α-hetero) is 2. The van der Waals surface area contributed by atoms with Gasteiger partial charge in [-0.15, -0.1) is 0 Å². The molecular weight excluding hydrogens is 855 g/mol. The number of oxime groups is 1. The van der Waals surface area contributed by atoms with Crippen LogP contribution in [0, 0.1) is 11.6 Å². The maximum atomic E-state index is 13.1. The molecule has 0 amide bonds. The third-order valence-corrected chi connectivity index (χ3v) is 9.64. The van der Waals surface area contributed by atoms with Gasteiger partial charge in [-0.2, -0.15) is 22.5 Å². The van der Waals surface area contributed by atoms with Gasteiger partial charge in [0.05, 0.1) is 18.0 Å². The Bertz CT molecular complexity index is 2240. The largest absolute Gasteiger partial charge is 0.462 e. The lowest BCUT2D eigenvalue weighted by molar-refractivity contribution is -0.155. The highest BCUT2D eigenvalue weighted by Crippen LogP contribution is 2.32. The molecule has 0 spiro atoms. The number of rotatable bonds is 21. The summed E-state index contributed by atoms with van der Waals surface area (Å²) in [5.74, 6) is -1.48. The van der Waals surface area contributed by atoms with Crippen LogP contribution in [0.15, 0.2) is 79.6 Å². The Hall–Kier alpha value is -6.34. The van der Waals surface area contributed by atoms with Crippen LogP contribution in [-0.4, -0.2) is 61.7 Å². The quantitative estimate of drug-likeness (QED) is 0.0176. The van der Waals surface area contributed by atoms with Crippen LogP contribution in [-0.2, 0) is 36.4 Å². The van der Waals surface area contributed by atoms with Crippen LogP contribution in [0.2, 0.25) is 0 Å². The van der Waals surface area contributed by atoms with Gasteiger partial charge >= 0.3 is 18.8 Å². The number of halogens is 6. The number of ketones is 2. The molecule has 5 aromatic rings. The summed E-state index contributed by atoms with van der Waals surface area (Å²) in [6.07, 6.45) is 1.73. The molecular formula is C44H52F6N6O8. The molecule has 64 heavy (non-hydrogen) atoms. The molecule has 348 valence electrons. The van der Waals surface area contributed by atoms with E-state index in [0.29, 0.717) is 92.8 Å². The van der Waals surface area contributed by atoms with E-state index >= 15 is 0 Å². The molecule has 0 aliphatic heterocycles. The molecule has 14 nitrogen and oxygen atoms in total. The lowest BCUT2D eigenvalue weighted by Gasteiger charge is -2.21. The highest BCUT2D eigenvalue weighted by atomic mass is 19.3. The molecule has 0 aliphatic rings. The third-order valence-electron chi connectivity index (χ3n) is 9.64. The second-order valence-corrected chi connectivity index (χ2v) is 15.6. The normalized spacial score (nSPS) is 11.8. The van der Waals surface area contributed by atoms with Crippen molar-refractivity contribution in [1.82, 2.24) is 20.1 Å². The fraction of sp³-hybridized carbons (Fsp3) is 0.455. The van der Waals surface area contributed by atoms with Crippen LogP contribution in [0.3, 0.4) is 0 Å². The maximum Gasteiger partial charge on any atom is 0.373 e. The van der Waals surface area contributed by atoms with Gasteiger partial charge in [0, 0.05) is 60.5 Å². The van der Waals surface area contributed by atoms with E-state index in [0.717, 1.165) is 5.69 Å². The number of esters is 1. The molecule has 3 N–H and O–H groups in total. The summed E-state index contributed by atoms with van der Waals surface area (Å²) in [6, 6.07) is 11.8. The summed E-state index contributed by atoms with van der Waals surface area (Å²) >= 11 is 0. The van der Waals surface area contributed by atoms with E-state index in [4.69, 9.17) is 19.8 Å². The second kappa shape index (κ2) is 25.1. The second-order valence-electron chi connectivity index (χ2n) is 15.6. The molecule has 3 heterocycles. The number of alkyl halides is 4. The standard InChI is InChI=1S/C21H22F3N3O3.C19H24FN3O3.C4H6F2O2/c1-21(2,16-12-29-19(25-16)13-6-8-14(22)9-7-13)11-10-15(28)4-3-5-17-26-20(18(23)24)30-27-17;1-19(2,11-10-15(24)4-3-5-17(21)23-25)16-12-26-18(22-16)13-6-8-14(20)9-7-13;1-2-8-4(7)3(5)6/h6-9,12,18H,3-5,10-11H2,1-2H3;6-9,12,25H,3-5,10-11H2,1-2H3,(H2,21,23);3H,2H2,1H3. The van der Waals surface area contributed by atoms with Crippen molar-refractivity contribution in [2.45, 2.75) is 123 Å². The van der Waals surface area contributed by atoms with Gasteiger partial charge in [-0.05, 0) is 81.1 Å². The maximum absolute atomic E-state index is 13.1. The summed E-state index contributed by atoms with van der Waals surface area (Å²) in [6.45, 7) is 9.42. The Balaban J connectivity index is 0.000000293. The Morgan fingerprint density at radius 1 is 0.734 bits per heavy atom. The van der Waals surface area contributed by atoms with Gasteiger partial charge in [0.25, 0.3) is 5.89 Å².